The lowest BCUT2D eigenvalue weighted by atomic mass is 10.1. The van der Waals surface area contributed by atoms with Crippen molar-refractivity contribution in [2.24, 2.45) is 5.73 Å². The summed E-state index contributed by atoms with van der Waals surface area (Å²) in [5.41, 5.74) is 8.23. The Hall–Kier alpha value is -1.55. The van der Waals surface area contributed by atoms with Gasteiger partial charge in [0.15, 0.2) is 0 Å². The van der Waals surface area contributed by atoms with Crippen LogP contribution in [0.1, 0.15) is 11.1 Å². The average molecular weight is 307 g/mol. The second-order valence-electron chi connectivity index (χ2n) is 4.80. The Labute approximate surface area is 133 Å². The molecule has 21 heavy (non-hydrogen) atoms. The van der Waals surface area contributed by atoms with Crippen LogP contribution < -0.4 is 10.5 Å². The van der Waals surface area contributed by atoms with Crippen LogP contribution in [0.3, 0.4) is 0 Å². The predicted molar refractivity (Wildman–Crippen MR) is 89.9 cm³/mol. The fourth-order valence-electron chi connectivity index (χ4n) is 2.31. The summed E-state index contributed by atoms with van der Waals surface area (Å²) in [6.45, 7) is 3.27. The van der Waals surface area contributed by atoms with Crippen molar-refractivity contribution in [3.8, 4) is 5.75 Å². The maximum Gasteiger partial charge on any atom is 0.123 e. The van der Waals surface area contributed by atoms with Crippen LogP contribution in [0.2, 0.25) is 0 Å². The third kappa shape index (κ3) is 5.38. The van der Waals surface area contributed by atoms with Crippen LogP contribution in [0, 0.1) is 0 Å². The number of nitrogens with zero attached hydrogens (tertiary/aromatic N) is 1. The van der Waals surface area contributed by atoms with E-state index < -0.39 is 0 Å². The summed E-state index contributed by atoms with van der Waals surface area (Å²) < 4.78 is 5.42. The van der Waals surface area contributed by atoms with Crippen molar-refractivity contribution >= 4 is 12.4 Å². The first-order valence-corrected chi connectivity index (χ1v) is 6.91. The highest BCUT2D eigenvalue weighted by molar-refractivity contribution is 5.85. The second kappa shape index (κ2) is 9.40. The molecule has 0 amide bonds. The Morgan fingerprint density at radius 3 is 2.29 bits per heavy atom. The topological polar surface area (TPSA) is 38.5 Å². The van der Waals surface area contributed by atoms with E-state index in [0.29, 0.717) is 6.54 Å². The first kappa shape index (κ1) is 17.5. The number of halogens is 1. The lowest BCUT2D eigenvalue weighted by Gasteiger charge is -2.22. The van der Waals surface area contributed by atoms with Crippen LogP contribution in [-0.4, -0.2) is 25.1 Å². The lowest BCUT2D eigenvalue weighted by Crippen LogP contribution is -2.28. The highest BCUT2D eigenvalue weighted by Crippen LogP contribution is 2.20. The highest BCUT2D eigenvalue weighted by atomic mass is 35.5. The summed E-state index contributed by atoms with van der Waals surface area (Å²) >= 11 is 0. The van der Waals surface area contributed by atoms with Crippen LogP contribution in [-0.2, 0) is 13.1 Å². The van der Waals surface area contributed by atoms with Gasteiger partial charge in [-0.05, 0) is 11.6 Å². The third-order valence-electron chi connectivity index (χ3n) is 3.28. The van der Waals surface area contributed by atoms with Crippen molar-refractivity contribution in [1.82, 2.24) is 4.90 Å². The molecule has 0 aliphatic carbocycles. The first-order chi connectivity index (χ1) is 9.83. The molecular formula is C17H23ClN2O. The minimum Gasteiger partial charge on any atom is -0.496 e. The van der Waals surface area contributed by atoms with E-state index in [4.69, 9.17) is 10.5 Å². The monoisotopic (exact) mass is 306 g/mol. The molecule has 0 heterocycles. The van der Waals surface area contributed by atoms with Crippen molar-refractivity contribution in [2.75, 3.05) is 20.2 Å². The van der Waals surface area contributed by atoms with Gasteiger partial charge in [0, 0.05) is 31.7 Å². The van der Waals surface area contributed by atoms with E-state index in [9.17, 15) is 0 Å². The number of nitrogens with two attached hydrogens (primary N) is 1. The SMILES string of the molecule is COc1ccccc1CN(CCN)Cc1ccccc1.Cl. The molecule has 0 saturated carbocycles. The molecule has 2 aromatic carbocycles. The number of hydrogen-bond acceptors (Lipinski definition) is 3. The molecule has 2 N–H and O–H groups in total. The molecule has 4 heteroatoms. The van der Waals surface area contributed by atoms with Crippen LogP contribution >= 0.6 is 12.4 Å². The molecule has 0 atom stereocenters. The van der Waals surface area contributed by atoms with Crippen LogP contribution in [0.15, 0.2) is 54.6 Å². The Balaban J connectivity index is 0.00000220. The lowest BCUT2D eigenvalue weighted by molar-refractivity contribution is 0.259. The molecule has 0 bridgehead atoms. The van der Waals surface area contributed by atoms with Crippen molar-refractivity contribution in [1.29, 1.82) is 0 Å². The van der Waals surface area contributed by atoms with E-state index in [1.807, 2.05) is 24.3 Å². The summed E-state index contributed by atoms with van der Waals surface area (Å²) in [5, 5.41) is 0. The molecule has 3 nitrogen and oxygen atoms in total. The van der Waals surface area contributed by atoms with E-state index >= 15 is 0 Å². The molecule has 0 spiro atoms. The summed E-state index contributed by atoms with van der Waals surface area (Å²) in [4.78, 5) is 2.34. The van der Waals surface area contributed by atoms with E-state index in [2.05, 4.69) is 35.2 Å². The van der Waals surface area contributed by atoms with E-state index in [1.54, 1.807) is 7.11 Å². The zero-order valence-electron chi connectivity index (χ0n) is 12.4. The quantitative estimate of drug-likeness (QED) is 0.854. The summed E-state index contributed by atoms with van der Waals surface area (Å²) in [5.74, 6) is 0.933. The Kier molecular flexibility index (Phi) is 7.83. The molecule has 0 aromatic heterocycles. The van der Waals surface area contributed by atoms with Crippen LogP contribution in [0.4, 0.5) is 0 Å². The maximum atomic E-state index is 5.73. The molecule has 0 aliphatic heterocycles. The smallest absolute Gasteiger partial charge is 0.123 e. The molecule has 0 saturated heterocycles. The van der Waals surface area contributed by atoms with Crippen molar-refractivity contribution in [2.45, 2.75) is 13.1 Å². The van der Waals surface area contributed by atoms with Gasteiger partial charge in [-0.15, -0.1) is 12.4 Å². The van der Waals surface area contributed by atoms with Gasteiger partial charge in [-0.3, -0.25) is 4.90 Å². The van der Waals surface area contributed by atoms with Crippen LogP contribution in [0.25, 0.3) is 0 Å². The number of hydrogen-bond donors (Lipinski definition) is 1. The molecule has 0 aliphatic rings. The molecule has 0 radical (unpaired) electrons. The normalized spacial score (nSPS) is 10.2. The second-order valence-corrected chi connectivity index (χ2v) is 4.80. The van der Waals surface area contributed by atoms with Crippen LogP contribution in [0.5, 0.6) is 5.75 Å². The van der Waals surface area contributed by atoms with Gasteiger partial charge in [0.25, 0.3) is 0 Å². The first-order valence-electron chi connectivity index (χ1n) is 6.91. The number of ether oxygens (including phenoxy) is 1. The van der Waals surface area contributed by atoms with E-state index in [0.717, 1.165) is 25.4 Å². The Morgan fingerprint density at radius 2 is 1.62 bits per heavy atom. The number of para-hydroxylation sites is 1. The van der Waals surface area contributed by atoms with Gasteiger partial charge in [-0.25, -0.2) is 0 Å². The van der Waals surface area contributed by atoms with Gasteiger partial charge in [-0.1, -0.05) is 48.5 Å². The summed E-state index contributed by atoms with van der Waals surface area (Å²) in [7, 11) is 1.71. The Bertz CT molecular complexity index is 519. The molecular weight excluding hydrogens is 284 g/mol. The summed E-state index contributed by atoms with van der Waals surface area (Å²) in [6, 6.07) is 18.6. The summed E-state index contributed by atoms with van der Waals surface area (Å²) in [6.07, 6.45) is 0. The largest absolute Gasteiger partial charge is 0.496 e. The number of benzene rings is 2. The van der Waals surface area contributed by atoms with Gasteiger partial charge in [-0.2, -0.15) is 0 Å². The van der Waals surface area contributed by atoms with Crippen molar-refractivity contribution in [3.05, 3.63) is 65.7 Å². The molecule has 0 fully saturated rings. The van der Waals surface area contributed by atoms with E-state index in [1.165, 1.54) is 11.1 Å². The van der Waals surface area contributed by atoms with Gasteiger partial charge < -0.3 is 10.5 Å². The van der Waals surface area contributed by atoms with Crippen molar-refractivity contribution in [3.63, 3.8) is 0 Å². The predicted octanol–water partition coefficient (Wildman–Crippen LogP) is 3.08. The molecule has 2 aromatic rings. The minimum atomic E-state index is 0. The maximum absolute atomic E-state index is 5.73. The zero-order valence-corrected chi connectivity index (χ0v) is 13.2. The third-order valence-corrected chi connectivity index (χ3v) is 3.28. The molecule has 114 valence electrons. The van der Waals surface area contributed by atoms with Gasteiger partial charge in [0.2, 0.25) is 0 Å². The molecule has 2 rings (SSSR count). The zero-order chi connectivity index (χ0) is 14.2. The standard InChI is InChI=1S/C17H22N2O.ClH/c1-20-17-10-6-5-9-16(17)14-19(12-11-18)13-15-7-3-2-4-8-15;/h2-10H,11-14,18H2,1H3;1H. The Morgan fingerprint density at radius 1 is 0.952 bits per heavy atom. The van der Waals surface area contributed by atoms with Crippen molar-refractivity contribution < 1.29 is 4.74 Å². The van der Waals surface area contributed by atoms with Gasteiger partial charge >= 0.3 is 0 Å². The van der Waals surface area contributed by atoms with Gasteiger partial charge in [0.05, 0.1) is 7.11 Å². The number of rotatable bonds is 7. The fraction of sp³-hybridized carbons (Fsp3) is 0.294. The molecule has 0 unspecified atom stereocenters. The van der Waals surface area contributed by atoms with E-state index in [-0.39, 0.29) is 12.4 Å². The average Bonchev–Trinajstić information content (AvgIpc) is 2.49. The van der Waals surface area contributed by atoms with Gasteiger partial charge in [0.1, 0.15) is 5.75 Å². The highest BCUT2D eigenvalue weighted by Gasteiger charge is 2.09. The number of methoxy groups -OCH3 is 1. The minimum absolute atomic E-state index is 0. The fourth-order valence-corrected chi connectivity index (χ4v) is 2.31.